The van der Waals surface area contributed by atoms with Crippen molar-refractivity contribution < 1.29 is 4.74 Å². The van der Waals surface area contributed by atoms with Gasteiger partial charge in [-0.15, -0.1) is 0 Å². The van der Waals surface area contributed by atoms with Crippen molar-refractivity contribution in [3.63, 3.8) is 0 Å². The van der Waals surface area contributed by atoms with Gasteiger partial charge in [-0.3, -0.25) is 5.32 Å². The number of nitrogens with one attached hydrogen (secondary N) is 1. The van der Waals surface area contributed by atoms with Gasteiger partial charge in [0.05, 0.1) is 12.6 Å². The first-order valence-corrected chi connectivity index (χ1v) is 7.32. The molecule has 0 aliphatic carbocycles. The molecule has 0 spiro atoms. The lowest BCUT2D eigenvalue weighted by molar-refractivity contribution is 0.102. The minimum absolute atomic E-state index is 0.0405. The molecule has 0 aromatic heterocycles. The maximum atomic E-state index is 6.00. The van der Waals surface area contributed by atoms with Crippen LogP contribution < -0.4 is 5.32 Å². The first-order valence-electron chi connectivity index (χ1n) is 7.32. The topological polar surface area (TPSA) is 21.3 Å². The van der Waals surface area contributed by atoms with Crippen molar-refractivity contribution in [2.75, 3.05) is 6.61 Å². The highest BCUT2D eigenvalue weighted by atomic mass is 16.5. The Bertz CT molecular complexity index is 748. The second kappa shape index (κ2) is 5.32. The van der Waals surface area contributed by atoms with Gasteiger partial charge in [0.15, 0.2) is 0 Å². The van der Waals surface area contributed by atoms with Gasteiger partial charge in [0, 0.05) is 5.56 Å². The van der Waals surface area contributed by atoms with Crippen LogP contribution in [0.2, 0.25) is 0 Å². The summed E-state index contributed by atoms with van der Waals surface area (Å²) in [7, 11) is 0. The van der Waals surface area contributed by atoms with E-state index in [0.717, 1.165) is 0 Å². The number of benzene rings is 3. The van der Waals surface area contributed by atoms with Gasteiger partial charge >= 0.3 is 0 Å². The van der Waals surface area contributed by atoms with Crippen LogP contribution >= 0.6 is 0 Å². The van der Waals surface area contributed by atoms with E-state index in [2.05, 4.69) is 72.0 Å². The largest absolute Gasteiger partial charge is 0.357 e. The molecule has 104 valence electrons. The van der Waals surface area contributed by atoms with Crippen LogP contribution in [0.1, 0.15) is 23.4 Å². The molecule has 0 radical (unpaired) electrons. The van der Waals surface area contributed by atoms with Crippen molar-refractivity contribution in [2.45, 2.75) is 12.3 Å². The average Bonchev–Trinajstić information content (AvgIpc) is 3.05. The number of hydrogen-bond donors (Lipinski definition) is 1. The lowest BCUT2D eigenvalue weighted by atomic mass is 10.0. The maximum absolute atomic E-state index is 6.00. The second-order valence-corrected chi connectivity index (χ2v) is 5.41. The molecule has 3 aromatic carbocycles. The van der Waals surface area contributed by atoms with Gasteiger partial charge in [0.2, 0.25) is 0 Å². The van der Waals surface area contributed by atoms with Crippen molar-refractivity contribution in [3.8, 4) is 0 Å². The fourth-order valence-electron chi connectivity index (χ4n) is 3.01. The van der Waals surface area contributed by atoms with E-state index in [1.165, 1.54) is 21.9 Å². The molecule has 1 aliphatic rings. The normalized spacial score (nSPS) is 21.7. The molecule has 21 heavy (non-hydrogen) atoms. The molecule has 0 saturated carbocycles. The quantitative estimate of drug-likeness (QED) is 0.757. The monoisotopic (exact) mass is 275 g/mol. The summed E-state index contributed by atoms with van der Waals surface area (Å²) in [5, 5.41) is 6.10. The molecular formula is C19H17NO. The third kappa shape index (κ3) is 2.33. The standard InChI is InChI=1S/C19H17NO/c1-2-8-15(9-3-1)18-13-21-19(20-18)17-12-6-10-14-7-4-5-11-16(14)17/h1-12,18-20H,13H2/t18-,19-/m1/s1. The maximum Gasteiger partial charge on any atom is 0.135 e. The highest BCUT2D eigenvalue weighted by Gasteiger charge is 2.27. The van der Waals surface area contributed by atoms with Crippen molar-refractivity contribution in [1.29, 1.82) is 0 Å². The molecule has 4 rings (SSSR count). The van der Waals surface area contributed by atoms with Crippen molar-refractivity contribution >= 4 is 10.8 Å². The summed E-state index contributed by atoms with van der Waals surface area (Å²) in [5.41, 5.74) is 2.49. The SMILES string of the molecule is c1ccc([C@H]2CO[C@H](c3cccc4ccccc34)N2)cc1. The molecule has 0 bridgehead atoms. The van der Waals surface area contributed by atoms with Crippen LogP contribution in [0.25, 0.3) is 10.8 Å². The predicted molar refractivity (Wildman–Crippen MR) is 85.0 cm³/mol. The van der Waals surface area contributed by atoms with Crippen LogP contribution in [0.4, 0.5) is 0 Å². The summed E-state index contributed by atoms with van der Waals surface area (Å²) in [6.45, 7) is 0.706. The van der Waals surface area contributed by atoms with E-state index in [1.54, 1.807) is 0 Å². The molecule has 2 atom stereocenters. The lowest BCUT2D eigenvalue weighted by Crippen LogP contribution is -2.18. The lowest BCUT2D eigenvalue weighted by Gasteiger charge is -2.15. The van der Waals surface area contributed by atoms with Crippen molar-refractivity contribution in [1.82, 2.24) is 5.32 Å². The van der Waals surface area contributed by atoms with E-state index in [0.29, 0.717) is 6.61 Å². The summed E-state index contributed by atoms with van der Waals surface area (Å²) in [4.78, 5) is 0. The number of fused-ring (bicyclic) bond motifs is 1. The highest BCUT2D eigenvalue weighted by molar-refractivity contribution is 5.85. The van der Waals surface area contributed by atoms with Crippen LogP contribution in [-0.4, -0.2) is 6.61 Å². The van der Waals surface area contributed by atoms with Crippen LogP contribution in [0, 0.1) is 0 Å². The second-order valence-electron chi connectivity index (χ2n) is 5.41. The van der Waals surface area contributed by atoms with Crippen LogP contribution in [0.5, 0.6) is 0 Å². The minimum Gasteiger partial charge on any atom is -0.357 e. The van der Waals surface area contributed by atoms with Gasteiger partial charge in [0.1, 0.15) is 6.23 Å². The zero-order valence-electron chi connectivity index (χ0n) is 11.7. The third-order valence-corrected chi connectivity index (χ3v) is 4.09. The Kier molecular flexibility index (Phi) is 3.18. The Labute approximate surface area is 124 Å². The number of ether oxygens (including phenoxy) is 1. The van der Waals surface area contributed by atoms with E-state index in [9.17, 15) is 0 Å². The molecule has 0 unspecified atom stereocenters. The molecule has 1 saturated heterocycles. The molecule has 1 N–H and O–H groups in total. The number of rotatable bonds is 2. The molecule has 1 fully saturated rings. The Morgan fingerprint density at radius 1 is 0.810 bits per heavy atom. The van der Waals surface area contributed by atoms with E-state index >= 15 is 0 Å². The minimum atomic E-state index is -0.0405. The molecule has 0 amide bonds. The zero-order valence-corrected chi connectivity index (χ0v) is 11.7. The molecule has 1 aliphatic heterocycles. The predicted octanol–water partition coefficient (Wildman–Crippen LogP) is 4.20. The van der Waals surface area contributed by atoms with Crippen molar-refractivity contribution in [2.24, 2.45) is 0 Å². The Hall–Kier alpha value is -2.16. The molecular weight excluding hydrogens is 258 g/mol. The summed E-state index contributed by atoms with van der Waals surface area (Å²) < 4.78 is 6.00. The van der Waals surface area contributed by atoms with Gasteiger partial charge < -0.3 is 4.74 Å². The van der Waals surface area contributed by atoms with Gasteiger partial charge in [0.25, 0.3) is 0 Å². The summed E-state index contributed by atoms with van der Waals surface area (Å²) >= 11 is 0. The highest BCUT2D eigenvalue weighted by Crippen LogP contribution is 2.32. The van der Waals surface area contributed by atoms with Crippen molar-refractivity contribution in [3.05, 3.63) is 83.9 Å². The van der Waals surface area contributed by atoms with Gasteiger partial charge in [-0.25, -0.2) is 0 Å². The molecule has 1 heterocycles. The van der Waals surface area contributed by atoms with Gasteiger partial charge in [-0.05, 0) is 16.3 Å². The fraction of sp³-hybridized carbons (Fsp3) is 0.158. The van der Waals surface area contributed by atoms with E-state index in [1.807, 2.05) is 6.07 Å². The third-order valence-electron chi connectivity index (χ3n) is 4.09. The first kappa shape index (κ1) is 12.6. The Balaban J connectivity index is 1.66. The smallest absolute Gasteiger partial charge is 0.135 e. The molecule has 2 nitrogen and oxygen atoms in total. The van der Waals surface area contributed by atoms with Crippen LogP contribution in [0.15, 0.2) is 72.8 Å². The van der Waals surface area contributed by atoms with Crippen LogP contribution in [0.3, 0.4) is 0 Å². The Morgan fingerprint density at radius 2 is 1.57 bits per heavy atom. The van der Waals surface area contributed by atoms with E-state index < -0.39 is 0 Å². The number of hydrogen-bond acceptors (Lipinski definition) is 2. The zero-order chi connectivity index (χ0) is 14.1. The van der Waals surface area contributed by atoms with Crippen LogP contribution in [-0.2, 0) is 4.74 Å². The molecule has 3 aromatic rings. The summed E-state index contributed by atoms with van der Waals surface area (Å²) in [6.07, 6.45) is -0.0405. The fourth-order valence-corrected chi connectivity index (χ4v) is 3.01. The van der Waals surface area contributed by atoms with E-state index in [4.69, 9.17) is 4.74 Å². The van der Waals surface area contributed by atoms with E-state index in [-0.39, 0.29) is 12.3 Å². The first-order chi connectivity index (χ1) is 10.4. The van der Waals surface area contributed by atoms with Gasteiger partial charge in [-0.1, -0.05) is 72.8 Å². The average molecular weight is 275 g/mol. The summed E-state index contributed by atoms with van der Waals surface area (Å²) in [6, 6.07) is 25.6. The van der Waals surface area contributed by atoms with Gasteiger partial charge in [-0.2, -0.15) is 0 Å². The molecule has 2 heteroatoms. The summed E-state index contributed by atoms with van der Waals surface area (Å²) in [5.74, 6) is 0. The Morgan fingerprint density at radius 3 is 2.48 bits per heavy atom.